The van der Waals surface area contributed by atoms with E-state index in [-0.39, 0.29) is 5.91 Å². The molecule has 4 rings (SSSR count). The number of benzene rings is 3. The molecule has 0 bridgehead atoms. The summed E-state index contributed by atoms with van der Waals surface area (Å²) in [6, 6.07) is 24.2. The Morgan fingerprint density at radius 1 is 0.973 bits per heavy atom. The van der Waals surface area contributed by atoms with E-state index in [4.69, 9.17) is 9.72 Å². The zero-order chi connectivity index (χ0) is 25.9. The van der Waals surface area contributed by atoms with Crippen molar-refractivity contribution in [3.05, 3.63) is 108 Å². The van der Waals surface area contributed by atoms with Crippen molar-refractivity contribution in [2.75, 3.05) is 13.2 Å². The second kappa shape index (κ2) is 13.4. The highest BCUT2D eigenvalue weighted by Gasteiger charge is 2.11. The molecule has 37 heavy (non-hydrogen) atoms. The fourth-order valence-electron chi connectivity index (χ4n) is 4.53. The van der Waals surface area contributed by atoms with E-state index in [9.17, 15) is 4.79 Å². The van der Waals surface area contributed by atoms with Crippen LogP contribution in [0.3, 0.4) is 0 Å². The van der Waals surface area contributed by atoms with E-state index in [1.165, 1.54) is 11.1 Å². The predicted molar refractivity (Wildman–Crippen MR) is 151 cm³/mol. The molecule has 1 amide bonds. The third-order valence-electron chi connectivity index (χ3n) is 6.53. The number of amides is 1. The number of aromatic nitrogens is 2. The molecule has 0 spiro atoms. The van der Waals surface area contributed by atoms with Crippen LogP contribution in [0.4, 0.5) is 0 Å². The van der Waals surface area contributed by atoms with Gasteiger partial charge in [-0.3, -0.25) is 4.79 Å². The Bertz CT molecular complexity index is 1310. The number of unbranched alkanes of at least 4 members (excludes halogenated alkanes) is 2. The summed E-state index contributed by atoms with van der Waals surface area (Å²) < 4.78 is 8.45. The van der Waals surface area contributed by atoms with Gasteiger partial charge < -0.3 is 14.6 Å². The summed E-state index contributed by atoms with van der Waals surface area (Å²) in [5.41, 5.74) is 5.26. The molecule has 1 N–H and O–H groups in total. The lowest BCUT2D eigenvalue weighted by atomic mass is 10.1. The fourth-order valence-corrected chi connectivity index (χ4v) is 4.53. The van der Waals surface area contributed by atoms with Gasteiger partial charge in [0.15, 0.2) is 0 Å². The van der Waals surface area contributed by atoms with Gasteiger partial charge in [-0.15, -0.1) is 6.58 Å². The summed E-state index contributed by atoms with van der Waals surface area (Å²) in [5, 5.41) is 3.03. The van der Waals surface area contributed by atoms with Crippen LogP contribution in [0.15, 0.2) is 85.5 Å². The van der Waals surface area contributed by atoms with E-state index in [0.29, 0.717) is 18.7 Å². The Labute approximate surface area is 220 Å². The van der Waals surface area contributed by atoms with Gasteiger partial charge in [0.2, 0.25) is 0 Å². The van der Waals surface area contributed by atoms with Crippen molar-refractivity contribution in [3.8, 4) is 5.75 Å². The van der Waals surface area contributed by atoms with Crippen LogP contribution in [0.5, 0.6) is 5.75 Å². The molecule has 0 atom stereocenters. The molecule has 0 aliphatic carbocycles. The third-order valence-corrected chi connectivity index (χ3v) is 6.53. The molecule has 3 aromatic carbocycles. The number of imidazole rings is 1. The molecular formula is C32H37N3O2. The van der Waals surface area contributed by atoms with Crippen molar-refractivity contribution < 1.29 is 9.53 Å². The number of rotatable bonds is 14. The molecule has 0 saturated heterocycles. The fraction of sp³-hybridized carbons (Fsp3) is 0.312. The average Bonchev–Trinajstić information content (AvgIpc) is 3.27. The Morgan fingerprint density at radius 3 is 2.59 bits per heavy atom. The number of nitrogens with one attached hydrogen (secondary N) is 1. The first-order valence-corrected chi connectivity index (χ1v) is 13.3. The molecule has 1 aromatic heterocycles. The third kappa shape index (κ3) is 7.32. The first kappa shape index (κ1) is 26.2. The molecule has 0 fully saturated rings. The molecule has 192 valence electrons. The average molecular weight is 496 g/mol. The van der Waals surface area contributed by atoms with Crippen LogP contribution in [0.1, 0.15) is 53.0 Å². The van der Waals surface area contributed by atoms with E-state index < -0.39 is 0 Å². The number of allylic oxidation sites excluding steroid dienone is 1. The number of fused-ring (bicyclic) bond motifs is 1. The minimum absolute atomic E-state index is 0.00359. The topological polar surface area (TPSA) is 56.1 Å². The molecule has 0 unspecified atom stereocenters. The number of nitrogens with zero attached hydrogens (tertiary/aromatic N) is 2. The van der Waals surface area contributed by atoms with Crippen molar-refractivity contribution in [1.29, 1.82) is 0 Å². The monoisotopic (exact) mass is 495 g/mol. The Morgan fingerprint density at radius 2 is 1.76 bits per heavy atom. The van der Waals surface area contributed by atoms with Gasteiger partial charge in [0, 0.05) is 25.1 Å². The lowest BCUT2D eigenvalue weighted by Crippen LogP contribution is -2.24. The van der Waals surface area contributed by atoms with Gasteiger partial charge in [-0.25, -0.2) is 4.98 Å². The molecule has 4 aromatic rings. The highest BCUT2D eigenvalue weighted by Crippen LogP contribution is 2.21. The second-order valence-corrected chi connectivity index (χ2v) is 9.40. The number of carbonyl (C=O) groups excluding carboxylic acids is 1. The first-order valence-electron chi connectivity index (χ1n) is 13.3. The van der Waals surface area contributed by atoms with Gasteiger partial charge in [0.05, 0.1) is 17.6 Å². The van der Waals surface area contributed by atoms with E-state index in [1.807, 2.05) is 61.5 Å². The molecular weight excluding hydrogens is 458 g/mol. The molecule has 1 heterocycles. The Hall–Kier alpha value is -3.86. The van der Waals surface area contributed by atoms with E-state index in [0.717, 1.165) is 67.7 Å². The van der Waals surface area contributed by atoms with E-state index in [1.54, 1.807) is 0 Å². The van der Waals surface area contributed by atoms with E-state index >= 15 is 0 Å². The van der Waals surface area contributed by atoms with Crippen LogP contribution in [0, 0.1) is 6.92 Å². The first-order chi connectivity index (χ1) is 18.2. The van der Waals surface area contributed by atoms with Crippen molar-refractivity contribution in [3.63, 3.8) is 0 Å². The molecule has 0 aliphatic rings. The predicted octanol–water partition coefficient (Wildman–Crippen LogP) is 6.69. The van der Waals surface area contributed by atoms with Gasteiger partial charge in [-0.05, 0) is 68.5 Å². The maximum Gasteiger partial charge on any atom is 0.251 e. The van der Waals surface area contributed by atoms with Crippen LogP contribution in [0.2, 0.25) is 0 Å². The number of hydrogen-bond donors (Lipinski definition) is 1. The van der Waals surface area contributed by atoms with Gasteiger partial charge in [0.1, 0.15) is 11.6 Å². The van der Waals surface area contributed by atoms with Gasteiger partial charge in [0.25, 0.3) is 5.91 Å². The van der Waals surface area contributed by atoms with Crippen molar-refractivity contribution in [2.24, 2.45) is 0 Å². The number of para-hydroxylation sites is 3. The summed E-state index contributed by atoms with van der Waals surface area (Å²) in [5.74, 6) is 2.06. The summed E-state index contributed by atoms with van der Waals surface area (Å²) in [4.78, 5) is 17.2. The standard InChI is InChI=1S/C32H37N3O2/c1-3-12-26-13-6-9-16-30(26)37-24-11-23-35-29-15-8-7-14-28(29)34-31(35)17-5-4-10-22-33-32(36)27-20-18-25(2)19-21-27/h3,6-9,13-16,18-21H,1,4-5,10-12,17,22-24H2,2H3,(H,33,36). The number of carbonyl (C=O) groups is 1. The lowest BCUT2D eigenvalue weighted by Gasteiger charge is -2.12. The van der Waals surface area contributed by atoms with Crippen molar-refractivity contribution in [1.82, 2.24) is 14.9 Å². The Kier molecular flexibility index (Phi) is 9.53. The maximum absolute atomic E-state index is 12.3. The van der Waals surface area contributed by atoms with Crippen LogP contribution in [-0.4, -0.2) is 28.6 Å². The van der Waals surface area contributed by atoms with Crippen LogP contribution >= 0.6 is 0 Å². The van der Waals surface area contributed by atoms with Crippen LogP contribution in [0.25, 0.3) is 11.0 Å². The van der Waals surface area contributed by atoms with E-state index in [2.05, 4.69) is 40.7 Å². The van der Waals surface area contributed by atoms with Crippen LogP contribution in [-0.2, 0) is 19.4 Å². The minimum Gasteiger partial charge on any atom is -0.493 e. The quantitative estimate of drug-likeness (QED) is 0.157. The van der Waals surface area contributed by atoms with Gasteiger partial charge >= 0.3 is 0 Å². The van der Waals surface area contributed by atoms with Gasteiger partial charge in [-0.2, -0.15) is 0 Å². The molecule has 5 nitrogen and oxygen atoms in total. The second-order valence-electron chi connectivity index (χ2n) is 9.40. The van der Waals surface area contributed by atoms with Crippen LogP contribution < -0.4 is 10.1 Å². The van der Waals surface area contributed by atoms with Crippen molar-refractivity contribution in [2.45, 2.75) is 52.0 Å². The number of ether oxygens (including phenoxy) is 1. The largest absolute Gasteiger partial charge is 0.493 e. The molecule has 0 saturated carbocycles. The Balaban J connectivity index is 1.25. The molecule has 0 aliphatic heterocycles. The molecule has 0 radical (unpaired) electrons. The van der Waals surface area contributed by atoms with Crippen molar-refractivity contribution >= 4 is 16.9 Å². The maximum atomic E-state index is 12.3. The summed E-state index contributed by atoms with van der Waals surface area (Å²) in [6.07, 6.45) is 7.57. The number of hydrogen-bond acceptors (Lipinski definition) is 3. The highest BCUT2D eigenvalue weighted by atomic mass is 16.5. The van der Waals surface area contributed by atoms with Gasteiger partial charge in [-0.1, -0.05) is 60.5 Å². The summed E-state index contributed by atoms with van der Waals surface area (Å²) >= 11 is 0. The highest BCUT2D eigenvalue weighted by molar-refractivity contribution is 5.94. The zero-order valence-electron chi connectivity index (χ0n) is 21.8. The normalized spacial score (nSPS) is 10.9. The zero-order valence-corrected chi connectivity index (χ0v) is 21.8. The number of aryl methyl sites for hydroxylation is 3. The summed E-state index contributed by atoms with van der Waals surface area (Å²) in [7, 11) is 0. The lowest BCUT2D eigenvalue weighted by molar-refractivity contribution is 0.0953. The SMILES string of the molecule is C=CCc1ccccc1OCCCn1c(CCCCCNC(=O)c2ccc(C)cc2)nc2ccccc21. The summed E-state index contributed by atoms with van der Waals surface area (Å²) in [6.45, 7) is 8.08. The minimum atomic E-state index is -0.00359. The molecule has 5 heteroatoms. The smallest absolute Gasteiger partial charge is 0.251 e.